The number of hydrogen-bond acceptors (Lipinski definition) is 3. The van der Waals surface area contributed by atoms with Crippen LogP contribution >= 0.6 is 0 Å². The van der Waals surface area contributed by atoms with Gasteiger partial charge in [0.1, 0.15) is 6.54 Å². The van der Waals surface area contributed by atoms with Gasteiger partial charge in [-0.1, -0.05) is 20.8 Å². The van der Waals surface area contributed by atoms with Gasteiger partial charge in [-0.2, -0.15) is 0 Å². The predicted molar refractivity (Wildman–Crippen MR) is 57.3 cm³/mol. The van der Waals surface area contributed by atoms with Crippen LogP contribution in [-0.2, 0) is 9.59 Å². The van der Waals surface area contributed by atoms with Gasteiger partial charge in [-0.15, -0.1) is 0 Å². The monoisotopic (exact) mass is 216 g/mol. The van der Waals surface area contributed by atoms with E-state index in [4.69, 9.17) is 10.8 Å². The van der Waals surface area contributed by atoms with E-state index in [0.717, 1.165) is 0 Å². The van der Waals surface area contributed by atoms with Gasteiger partial charge in [0.2, 0.25) is 5.91 Å². The molecule has 0 aromatic heterocycles. The second-order valence-electron chi connectivity index (χ2n) is 4.59. The van der Waals surface area contributed by atoms with E-state index in [2.05, 4.69) is 0 Å². The number of likely N-dealkylation sites (N-methyl/N-ethyl adjacent to an activating group) is 1. The average molecular weight is 216 g/mol. The molecule has 0 aromatic carbocycles. The number of carbonyl (C=O) groups excluding carboxylic acids is 1. The summed E-state index contributed by atoms with van der Waals surface area (Å²) in [5.41, 5.74) is 5.40. The van der Waals surface area contributed by atoms with Crippen molar-refractivity contribution in [3.05, 3.63) is 0 Å². The number of nitrogens with zero attached hydrogens (tertiary/aromatic N) is 1. The first-order chi connectivity index (χ1) is 6.70. The van der Waals surface area contributed by atoms with Crippen molar-refractivity contribution in [3.8, 4) is 0 Å². The molecule has 0 radical (unpaired) electrons. The third-order valence-electron chi connectivity index (χ3n) is 2.22. The Morgan fingerprint density at radius 2 is 1.87 bits per heavy atom. The fourth-order valence-electron chi connectivity index (χ4n) is 1.08. The third-order valence-corrected chi connectivity index (χ3v) is 2.22. The molecule has 15 heavy (non-hydrogen) atoms. The Morgan fingerprint density at radius 3 is 2.13 bits per heavy atom. The topological polar surface area (TPSA) is 83.6 Å². The van der Waals surface area contributed by atoms with Crippen LogP contribution in [0.3, 0.4) is 0 Å². The second kappa shape index (κ2) is 5.11. The minimum absolute atomic E-state index is 0.293. The van der Waals surface area contributed by atoms with Crippen molar-refractivity contribution < 1.29 is 14.7 Å². The summed E-state index contributed by atoms with van der Waals surface area (Å²) < 4.78 is 0. The van der Waals surface area contributed by atoms with Gasteiger partial charge in [0, 0.05) is 6.54 Å². The van der Waals surface area contributed by atoms with Crippen molar-refractivity contribution in [2.45, 2.75) is 33.7 Å². The number of amides is 1. The van der Waals surface area contributed by atoms with Gasteiger partial charge in [0.05, 0.1) is 6.04 Å². The van der Waals surface area contributed by atoms with Crippen LogP contribution in [0.4, 0.5) is 0 Å². The molecule has 0 aliphatic carbocycles. The lowest BCUT2D eigenvalue weighted by Gasteiger charge is -2.30. The molecular formula is C10H20N2O3. The molecule has 0 aromatic rings. The summed E-state index contributed by atoms with van der Waals surface area (Å²) in [5, 5.41) is 8.61. The Kier molecular flexibility index (Phi) is 4.74. The van der Waals surface area contributed by atoms with E-state index in [9.17, 15) is 9.59 Å². The molecule has 5 heteroatoms. The molecule has 88 valence electrons. The molecule has 0 spiro atoms. The van der Waals surface area contributed by atoms with Crippen LogP contribution in [0.2, 0.25) is 0 Å². The van der Waals surface area contributed by atoms with Crippen molar-refractivity contribution in [1.29, 1.82) is 0 Å². The minimum atomic E-state index is -1.02. The highest BCUT2D eigenvalue weighted by Gasteiger charge is 2.31. The summed E-state index contributed by atoms with van der Waals surface area (Å²) in [5.74, 6) is -1.33. The summed E-state index contributed by atoms with van der Waals surface area (Å²) in [6.45, 7) is 7.35. The summed E-state index contributed by atoms with van der Waals surface area (Å²) >= 11 is 0. The Labute approximate surface area is 90.2 Å². The number of carboxylic acid groups (broad SMARTS) is 1. The van der Waals surface area contributed by atoms with E-state index >= 15 is 0 Å². The normalized spacial score (nSPS) is 13.4. The lowest BCUT2D eigenvalue weighted by atomic mass is 9.86. The highest BCUT2D eigenvalue weighted by molar-refractivity contribution is 5.85. The van der Waals surface area contributed by atoms with Crippen LogP contribution in [0, 0.1) is 5.41 Å². The number of carbonyl (C=O) groups is 2. The van der Waals surface area contributed by atoms with Crippen LogP contribution in [0.15, 0.2) is 0 Å². The van der Waals surface area contributed by atoms with Gasteiger partial charge in [-0.3, -0.25) is 9.59 Å². The Balaban J connectivity index is 4.59. The summed E-state index contributed by atoms with van der Waals surface area (Å²) in [6, 6.07) is -0.670. The second-order valence-corrected chi connectivity index (χ2v) is 4.59. The first kappa shape index (κ1) is 13.9. The summed E-state index contributed by atoms with van der Waals surface area (Å²) in [6.07, 6.45) is 0. The van der Waals surface area contributed by atoms with Crippen LogP contribution in [0.1, 0.15) is 27.7 Å². The minimum Gasteiger partial charge on any atom is -0.480 e. The van der Waals surface area contributed by atoms with E-state index in [0.29, 0.717) is 6.54 Å². The van der Waals surface area contributed by atoms with Crippen LogP contribution in [0.5, 0.6) is 0 Å². The van der Waals surface area contributed by atoms with Gasteiger partial charge in [-0.25, -0.2) is 0 Å². The Hall–Kier alpha value is -1.10. The van der Waals surface area contributed by atoms with Gasteiger partial charge in [0.15, 0.2) is 0 Å². The van der Waals surface area contributed by atoms with Crippen molar-refractivity contribution in [3.63, 3.8) is 0 Å². The fourth-order valence-corrected chi connectivity index (χ4v) is 1.08. The van der Waals surface area contributed by atoms with E-state index < -0.39 is 12.0 Å². The third kappa shape index (κ3) is 4.29. The highest BCUT2D eigenvalue weighted by Crippen LogP contribution is 2.18. The molecule has 0 aliphatic rings. The van der Waals surface area contributed by atoms with Crippen molar-refractivity contribution in [2.75, 3.05) is 13.1 Å². The first-order valence-corrected chi connectivity index (χ1v) is 4.96. The first-order valence-electron chi connectivity index (χ1n) is 4.96. The predicted octanol–water partition coefficient (Wildman–Crippen LogP) is 0.293. The quantitative estimate of drug-likeness (QED) is 0.707. The molecular weight excluding hydrogens is 196 g/mol. The smallest absolute Gasteiger partial charge is 0.323 e. The van der Waals surface area contributed by atoms with Crippen molar-refractivity contribution in [1.82, 2.24) is 4.90 Å². The molecule has 1 unspecified atom stereocenters. The molecule has 3 N–H and O–H groups in total. The maximum atomic E-state index is 11.8. The molecule has 0 saturated heterocycles. The maximum absolute atomic E-state index is 11.8. The number of hydrogen-bond donors (Lipinski definition) is 2. The van der Waals surface area contributed by atoms with Gasteiger partial charge in [0.25, 0.3) is 0 Å². The molecule has 1 amide bonds. The van der Waals surface area contributed by atoms with E-state index in [1.165, 1.54) is 4.90 Å². The highest BCUT2D eigenvalue weighted by atomic mass is 16.4. The molecule has 0 aliphatic heterocycles. The lowest BCUT2D eigenvalue weighted by Crippen LogP contribution is -2.51. The largest absolute Gasteiger partial charge is 0.480 e. The zero-order valence-electron chi connectivity index (χ0n) is 9.78. The molecule has 0 bridgehead atoms. The molecule has 0 heterocycles. The zero-order chi connectivity index (χ0) is 12.2. The summed E-state index contributed by atoms with van der Waals surface area (Å²) in [7, 11) is 0. The van der Waals surface area contributed by atoms with Crippen LogP contribution < -0.4 is 5.73 Å². The van der Waals surface area contributed by atoms with Crippen molar-refractivity contribution in [2.24, 2.45) is 11.1 Å². The molecule has 5 nitrogen and oxygen atoms in total. The maximum Gasteiger partial charge on any atom is 0.323 e. The lowest BCUT2D eigenvalue weighted by molar-refractivity contribution is -0.145. The molecule has 1 atom stereocenters. The van der Waals surface area contributed by atoms with Crippen molar-refractivity contribution >= 4 is 11.9 Å². The van der Waals surface area contributed by atoms with Gasteiger partial charge < -0.3 is 15.7 Å². The van der Waals surface area contributed by atoms with Gasteiger partial charge in [-0.05, 0) is 12.3 Å². The SMILES string of the molecule is CCN(CC(=O)O)C(=O)C(N)C(C)(C)C. The number of aliphatic carboxylic acids is 1. The number of carboxylic acids is 1. The molecule has 0 saturated carbocycles. The average Bonchev–Trinajstić information content (AvgIpc) is 2.10. The van der Waals surface area contributed by atoms with E-state index in [-0.39, 0.29) is 17.9 Å². The summed E-state index contributed by atoms with van der Waals surface area (Å²) in [4.78, 5) is 23.6. The van der Waals surface area contributed by atoms with Crippen LogP contribution in [0.25, 0.3) is 0 Å². The van der Waals surface area contributed by atoms with Gasteiger partial charge >= 0.3 is 5.97 Å². The van der Waals surface area contributed by atoms with E-state index in [1.807, 2.05) is 20.8 Å². The zero-order valence-corrected chi connectivity index (χ0v) is 9.78. The Morgan fingerprint density at radius 1 is 1.40 bits per heavy atom. The molecule has 0 rings (SSSR count). The van der Waals surface area contributed by atoms with E-state index in [1.54, 1.807) is 6.92 Å². The fraction of sp³-hybridized carbons (Fsp3) is 0.800. The molecule has 0 fully saturated rings. The number of rotatable bonds is 4. The standard InChI is InChI=1S/C10H20N2O3/c1-5-12(6-7(13)14)9(15)8(11)10(2,3)4/h8H,5-6,11H2,1-4H3,(H,13,14). The van der Waals surface area contributed by atoms with Crippen LogP contribution in [-0.4, -0.2) is 41.0 Å². The Bertz CT molecular complexity index is 246. The number of nitrogens with two attached hydrogens (primary N) is 1.